The average Bonchev–Trinajstić information content (AvgIpc) is 2.18. The molecule has 0 aromatic heterocycles. The lowest BCUT2D eigenvalue weighted by Gasteiger charge is -2.03. The summed E-state index contributed by atoms with van der Waals surface area (Å²) >= 11 is 0. The van der Waals surface area contributed by atoms with Crippen molar-refractivity contribution < 1.29 is 19.4 Å². The van der Waals surface area contributed by atoms with Gasteiger partial charge in [-0.15, -0.1) is 0 Å². The van der Waals surface area contributed by atoms with Crippen molar-refractivity contribution in [1.82, 2.24) is 0 Å². The second-order valence-electron chi connectivity index (χ2n) is 3.69. The predicted octanol–water partition coefficient (Wildman–Crippen LogP) is 2.80. The van der Waals surface area contributed by atoms with Crippen LogP contribution in [0.3, 0.4) is 0 Å². The lowest BCUT2D eigenvalue weighted by Crippen LogP contribution is -2.04. The molecule has 0 aliphatic carbocycles. The fourth-order valence-electron chi connectivity index (χ4n) is 0.722. The van der Waals surface area contributed by atoms with Gasteiger partial charge in [0.15, 0.2) is 0 Å². The molecular weight excluding hydrogens is 220 g/mol. The fourth-order valence-corrected chi connectivity index (χ4v) is 0.722. The number of carbonyl (C=O) groups excluding carboxylic acids is 1. The molecule has 0 unspecified atom stereocenters. The van der Waals surface area contributed by atoms with Gasteiger partial charge in [-0.2, -0.15) is 0 Å². The molecule has 0 saturated carbocycles. The third-order valence-electron chi connectivity index (χ3n) is 1.55. The molecule has 0 fully saturated rings. The number of aliphatic carboxylic acids is 1. The minimum Gasteiger partial charge on any atom is -0.478 e. The van der Waals surface area contributed by atoms with Gasteiger partial charge in [0, 0.05) is 12.2 Å². The van der Waals surface area contributed by atoms with Gasteiger partial charge in [0.2, 0.25) is 0 Å². The summed E-state index contributed by atoms with van der Waals surface area (Å²) in [6.07, 6.45) is 6.60. The van der Waals surface area contributed by atoms with Crippen molar-refractivity contribution in [3.8, 4) is 0 Å². The summed E-state index contributed by atoms with van der Waals surface area (Å²) in [6.45, 7) is 8.19. The van der Waals surface area contributed by atoms with E-state index in [1.807, 2.05) is 0 Å². The maximum absolute atomic E-state index is 10.7. The van der Waals surface area contributed by atoms with E-state index in [0.29, 0.717) is 12.5 Å². The van der Waals surface area contributed by atoms with Crippen LogP contribution in [-0.2, 0) is 14.3 Å². The van der Waals surface area contributed by atoms with Crippen LogP contribution in [0.15, 0.2) is 24.3 Å². The second-order valence-corrected chi connectivity index (χ2v) is 3.69. The van der Waals surface area contributed by atoms with Crippen LogP contribution in [0.1, 0.15) is 34.1 Å². The Balaban J connectivity index is 0. The van der Waals surface area contributed by atoms with Gasteiger partial charge >= 0.3 is 11.9 Å². The van der Waals surface area contributed by atoms with E-state index < -0.39 is 5.97 Å². The van der Waals surface area contributed by atoms with Gasteiger partial charge in [0.25, 0.3) is 0 Å². The molecule has 0 rings (SSSR count). The number of esters is 1. The normalized spacial score (nSPS) is 10.4. The Hall–Kier alpha value is -1.58. The van der Waals surface area contributed by atoms with E-state index in [0.717, 1.165) is 12.5 Å². The van der Waals surface area contributed by atoms with E-state index in [4.69, 9.17) is 9.84 Å². The molecule has 0 aromatic carbocycles. The first-order chi connectivity index (χ1) is 7.93. The number of allylic oxidation sites excluding steroid dienone is 2. The summed E-state index contributed by atoms with van der Waals surface area (Å²) in [7, 11) is 0. The van der Waals surface area contributed by atoms with E-state index in [1.54, 1.807) is 19.9 Å². The molecule has 4 heteroatoms. The molecule has 0 amide bonds. The van der Waals surface area contributed by atoms with Crippen molar-refractivity contribution in [3.05, 3.63) is 24.3 Å². The molecule has 4 nitrogen and oxygen atoms in total. The molecule has 98 valence electrons. The SMILES string of the molecule is CC=CC(=O)O.CC=CC(=O)OCCC(C)C. The van der Waals surface area contributed by atoms with Crippen LogP contribution in [0.2, 0.25) is 0 Å². The Morgan fingerprint density at radius 1 is 1.18 bits per heavy atom. The Morgan fingerprint density at radius 2 is 1.71 bits per heavy atom. The molecule has 17 heavy (non-hydrogen) atoms. The number of ether oxygens (including phenoxy) is 1. The molecule has 0 heterocycles. The number of hydrogen-bond donors (Lipinski definition) is 1. The lowest BCUT2D eigenvalue weighted by atomic mass is 10.1. The van der Waals surface area contributed by atoms with Crippen LogP contribution >= 0.6 is 0 Å². The number of carboxylic acids is 1. The Kier molecular flexibility index (Phi) is 13.1. The van der Waals surface area contributed by atoms with E-state index >= 15 is 0 Å². The summed E-state index contributed by atoms with van der Waals surface area (Å²) in [5.41, 5.74) is 0. The summed E-state index contributed by atoms with van der Waals surface area (Å²) in [6, 6.07) is 0. The highest BCUT2D eigenvalue weighted by Crippen LogP contribution is 1.98. The third kappa shape index (κ3) is 20.5. The minimum atomic E-state index is -0.891. The van der Waals surface area contributed by atoms with Gasteiger partial charge < -0.3 is 9.84 Å². The number of rotatable bonds is 5. The van der Waals surface area contributed by atoms with E-state index in [1.165, 1.54) is 12.2 Å². The van der Waals surface area contributed by atoms with Crippen molar-refractivity contribution in [2.45, 2.75) is 34.1 Å². The minimum absolute atomic E-state index is 0.242. The van der Waals surface area contributed by atoms with Crippen molar-refractivity contribution in [1.29, 1.82) is 0 Å². The van der Waals surface area contributed by atoms with Gasteiger partial charge in [-0.1, -0.05) is 26.0 Å². The van der Waals surface area contributed by atoms with Gasteiger partial charge in [-0.3, -0.25) is 0 Å². The van der Waals surface area contributed by atoms with E-state index in [2.05, 4.69) is 13.8 Å². The molecule has 0 aromatic rings. The third-order valence-corrected chi connectivity index (χ3v) is 1.55. The quantitative estimate of drug-likeness (QED) is 0.594. The number of hydrogen-bond acceptors (Lipinski definition) is 3. The van der Waals surface area contributed by atoms with Crippen LogP contribution in [0.25, 0.3) is 0 Å². The Bertz CT molecular complexity index is 265. The fraction of sp³-hybridized carbons (Fsp3) is 0.538. The van der Waals surface area contributed by atoms with E-state index in [9.17, 15) is 9.59 Å². The van der Waals surface area contributed by atoms with Crippen LogP contribution in [-0.4, -0.2) is 23.7 Å². The molecular formula is C13H22O4. The highest BCUT2D eigenvalue weighted by atomic mass is 16.5. The monoisotopic (exact) mass is 242 g/mol. The van der Waals surface area contributed by atoms with Crippen molar-refractivity contribution in [2.24, 2.45) is 5.92 Å². The molecule has 0 saturated heterocycles. The maximum atomic E-state index is 10.7. The second kappa shape index (κ2) is 12.5. The molecule has 0 bridgehead atoms. The van der Waals surface area contributed by atoms with E-state index in [-0.39, 0.29) is 5.97 Å². The zero-order chi connectivity index (χ0) is 13.7. The van der Waals surface area contributed by atoms with Crippen LogP contribution in [0, 0.1) is 5.92 Å². The smallest absolute Gasteiger partial charge is 0.330 e. The maximum Gasteiger partial charge on any atom is 0.330 e. The first-order valence-corrected chi connectivity index (χ1v) is 5.59. The molecule has 0 aliphatic rings. The van der Waals surface area contributed by atoms with Crippen LogP contribution < -0.4 is 0 Å². The molecule has 0 radical (unpaired) electrons. The first-order valence-electron chi connectivity index (χ1n) is 5.59. The Labute approximate surface area is 103 Å². The largest absolute Gasteiger partial charge is 0.478 e. The number of carbonyl (C=O) groups is 2. The Morgan fingerprint density at radius 3 is 2.00 bits per heavy atom. The molecule has 1 N–H and O–H groups in total. The van der Waals surface area contributed by atoms with Crippen LogP contribution in [0.5, 0.6) is 0 Å². The van der Waals surface area contributed by atoms with Gasteiger partial charge in [0.05, 0.1) is 6.61 Å². The highest BCUT2D eigenvalue weighted by Gasteiger charge is 1.97. The van der Waals surface area contributed by atoms with Gasteiger partial charge in [0.1, 0.15) is 0 Å². The topological polar surface area (TPSA) is 63.6 Å². The average molecular weight is 242 g/mol. The number of carboxylic acid groups (broad SMARTS) is 1. The zero-order valence-corrected chi connectivity index (χ0v) is 11.0. The highest BCUT2D eigenvalue weighted by molar-refractivity contribution is 5.81. The lowest BCUT2D eigenvalue weighted by molar-refractivity contribution is -0.138. The summed E-state index contributed by atoms with van der Waals surface area (Å²) < 4.78 is 4.87. The standard InChI is InChI=1S/C9H16O2.C4H6O2/c1-4-5-9(10)11-7-6-8(2)3;1-2-3-4(5)6/h4-5,8H,6-7H2,1-3H3;2-3H,1H3,(H,5,6). The van der Waals surface area contributed by atoms with Crippen molar-refractivity contribution in [3.63, 3.8) is 0 Å². The van der Waals surface area contributed by atoms with Crippen molar-refractivity contribution >= 4 is 11.9 Å². The summed E-state index contributed by atoms with van der Waals surface area (Å²) in [4.78, 5) is 20.2. The van der Waals surface area contributed by atoms with Crippen molar-refractivity contribution in [2.75, 3.05) is 6.61 Å². The molecule has 0 aliphatic heterocycles. The summed E-state index contributed by atoms with van der Waals surface area (Å²) in [5, 5.41) is 7.83. The van der Waals surface area contributed by atoms with Gasteiger partial charge in [-0.05, 0) is 26.2 Å². The zero-order valence-electron chi connectivity index (χ0n) is 11.0. The predicted molar refractivity (Wildman–Crippen MR) is 67.7 cm³/mol. The summed E-state index contributed by atoms with van der Waals surface area (Å²) in [5.74, 6) is -0.543. The van der Waals surface area contributed by atoms with Gasteiger partial charge in [-0.25, -0.2) is 9.59 Å². The molecule has 0 atom stereocenters. The van der Waals surface area contributed by atoms with Crippen LogP contribution in [0.4, 0.5) is 0 Å². The molecule has 0 spiro atoms. The first kappa shape index (κ1) is 17.8.